The fourth-order valence-corrected chi connectivity index (χ4v) is 2.71. The second kappa shape index (κ2) is 5.99. The molecule has 23 heavy (non-hydrogen) atoms. The number of alkyl halides is 3. The molecule has 0 aliphatic carbocycles. The Labute approximate surface area is 130 Å². The first-order valence-corrected chi connectivity index (χ1v) is 7.17. The van der Waals surface area contributed by atoms with Crippen LogP contribution in [0.5, 0.6) is 0 Å². The number of aliphatic hydroxyl groups is 1. The SMILES string of the molecule is CN1CC(=O)N(CC(=O)N2CCCC(O)(C(F)(F)F)CC2)C1=O. The Bertz CT molecular complexity index is 525. The van der Waals surface area contributed by atoms with Crippen LogP contribution in [0.15, 0.2) is 0 Å². The molecule has 7 nitrogen and oxygen atoms in total. The fourth-order valence-electron chi connectivity index (χ4n) is 2.71. The predicted molar refractivity (Wildman–Crippen MR) is 71.2 cm³/mol. The van der Waals surface area contributed by atoms with Gasteiger partial charge in [-0.3, -0.25) is 14.5 Å². The van der Waals surface area contributed by atoms with Gasteiger partial charge >= 0.3 is 12.2 Å². The van der Waals surface area contributed by atoms with E-state index in [0.717, 1.165) is 14.7 Å². The van der Waals surface area contributed by atoms with Gasteiger partial charge < -0.3 is 14.9 Å². The van der Waals surface area contributed by atoms with Crippen molar-refractivity contribution in [3.05, 3.63) is 0 Å². The smallest absolute Gasteiger partial charge is 0.380 e. The predicted octanol–water partition coefficient (Wildman–Crippen LogP) is 0.186. The standard InChI is InChI=1S/C13H18F3N3O4/c1-17-7-10(21)19(11(17)22)8-9(20)18-5-2-3-12(23,4-6-18)13(14,15)16/h23H,2-8H2,1H3. The number of imide groups is 1. The number of halogens is 3. The van der Waals surface area contributed by atoms with E-state index < -0.39 is 49.0 Å². The molecule has 0 aromatic rings. The van der Waals surface area contributed by atoms with Crippen molar-refractivity contribution >= 4 is 17.8 Å². The minimum atomic E-state index is -4.75. The molecule has 4 amide bonds. The van der Waals surface area contributed by atoms with Gasteiger partial charge in [0, 0.05) is 26.6 Å². The molecule has 2 fully saturated rings. The molecule has 130 valence electrons. The molecule has 0 spiro atoms. The van der Waals surface area contributed by atoms with Crippen molar-refractivity contribution in [2.75, 3.05) is 33.2 Å². The first-order chi connectivity index (χ1) is 10.5. The number of likely N-dealkylation sites (N-methyl/N-ethyl adjacent to an activating group) is 1. The van der Waals surface area contributed by atoms with Crippen LogP contribution in [0.4, 0.5) is 18.0 Å². The lowest BCUT2D eigenvalue weighted by Gasteiger charge is -2.29. The molecule has 10 heteroatoms. The van der Waals surface area contributed by atoms with Gasteiger partial charge in [0.1, 0.15) is 13.1 Å². The maximum absolute atomic E-state index is 12.9. The van der Waals surface area contributed by atoms with Crippen LogP contribution in [-0.2, 0) is 9.59 Å². The van der Waals surface area contributed by atoms with Crippen LogP contribution in [0.2, 0.25) is 0 Å². The quantitative estimate of drug-likeness (QED) is 0.729. The van der Waals surface area contributed by atoms with Crippen molar-refractivity contribution in [3.63, 3.8) is 0 Å². The summed E-state index contributed by atoms with van der Waals surface area (Å²) in [5.41, 5.74) is -2.80. The van der Waals surface area contributed by atoms with Gasteiger partial charge in [0.15, 0.2) is 5.60 Å². The van der Waals surface area contributed by atoms with E-state index >= 15 is 0 Å². The zero-order chi connectivity index (χ0) is 17.4. The Balaban J connectivity index is 1.99. The van der Waals surface area contributed by atoms with Gasteiger partial charge in [0.2, 0.25) is 5.91 Å². The molecule has 0 radical (unpaired) electrons. The minimum Gasteiger partial charge on any atom is -0.380 e. The summed E-state index contributed by atoms with van der Waals surface area (Å²) in [7, 11) is 1.42. The Morgan fingerprint density at radius 2 is 1.91 bits per heavy atom. The Kier molecular flexibility index (Phi) is 4.56. The molecule has 2 aliphatic heterocycles. The van der Waals surface area contributed by atoms with Crippen LogP contribution in [0.25, 0.3) is 0 Å². The molecule has 0 saturated carbocycles. The Morgan fingerprint density at radius 3 is 2.43 bits per heavy atom. The van der Waals surface area contributed by atoms with Gasteiger partial charge in [0.05, 0.1) is 0 Å². The maximum Gasteiger partial charge on any atom is 0.417 e. The summed E-state index contributed by atoms with van der Waals surface area (Å²) in [5, 5.41) is 9.70. The van der Waals surface area contributed by atoms with Gasteiger partial charge in [-0.2, -0.15) is 13.2 Å². The third-order valence-electron chi connectivity index (χ3n) is 4.22. The lowest BCUT2D eigenvalue weighted by atomic mass is 9.94. The highest BCUT2D eigenvalue weighted by Gasteiger charge is 2.53. The summed E-state index contributed by atoms with van der Waals surface area (Å²) in [6.45, 7) is -0.851. The van der Waals surface area contributed by atoms with Crippen LogP contribution in [0.3, 0.4) is 0 Å². The second-order valence-corrected chi connectivity index (χ2v) is 5.88. The number of rotatable bonds is 2. The molecule has 0 bridgehead atoms. The third kappa shape index (κ3) is 3.41. The summed E-state index contributed by atoms with van der Waals surface area (Å²) in [6.07, 6.45) is -5.87. The molecule has 0 aromatic heterocycles. The zero-order valence-electron chi connectivity index (χ0n) is 12.6. The van der Waals surface area contributed by atoms with Crippen molar-refractivity contribution < 1.29 is 32.7 Å². The number of hydrogen-bond donors (Lipinski definition) is 1. The molecule has 1 atom stereocenters. The Hall–Kier alpha value is -1.84. The highest BCUT2D eigenvalue weighted by molar-refractivity contribution is 6.04. The lowest BCUT2D eigenvalue weighted by Crippen LogP contribution is -2.47. The molecule has 0 aromatic carbocycles. The molecule has 1 unspecified atom stereocenters. The molecular formula is C13H18F3N3O4. The average molecular weight is 337 g/mol. The maximum atomic E-state index is 12.9. The third-order valence-corrected chi connectivity index (χ3v) is 4.22. The van der Waals surface area contributed by atoms with E-state index in [2.05, 4.69) is 0 Å². The summed E-state index contributed by atoms with van der Waals surface area (Å²) in [6, 6.07) is -0.607. The summed E-state index contributed by atoms with van der Waals surface area (Å²) in [4.78, 5) is 38.6. The highest BCUT2D eigenvalue weighted by Crippen LogP contribution is 2.38. The largest absolute Gasteiger partial charge is 0.417 e. The van der Waals surface area contributed by atoms with Crippen molar-refractivity contribution in [2.24, 2.45) is 0 Å². The van der Waals surface area contributed by atoms with Crippen molar-refractivity contribution in [1.29, 1.82) is 0 Å². The van der Waals surface area contributed by atoms with Crippen molar-refractivity contribution in [1.82, 2.24) is 14.7 Å². The van der Waals surface area contributed by atoms with E-state index in [4.69, 9.17) is 0 Å². The Morgan fingerprint density at radius 1 is 1.26 bits per heavy atom. The fraction of sp³-hybridized carbons (Fsp3) is 0.769. The lowest BCUT2D eigenvalue weighted by molar-refractivity contribution is -0.263. The topological polar surface area (TPSA) is 81.2 Å². The zero-order valence-corrected chi connectivity index (χ0v) is 12.6. The molecule has 1 N–H and O–H groups in total. The van der Waals surface area contributed by atoms with E-state index in [0.29, 0.717) is 0 Å². The first kappa shape index (κ1) is 17.5. The summed E-state index contributed by atoms with van der Waals surface area (Å²) < 4.78 is 38.6. The monoisotopic (exact) mass is 337 g/mol. The van der Waals surface area contributed by atoms with Crippen LogP contribution >= 0.6 is 0 Å². The number of nitrogens with zero attached hydrogens (tertiary/aromatic N) is 3. The molecule has 2 aliphatic rings. The number of likely N-dealkylation sites (tertiary alicyclic amines) is 1. The van der Waals surface area contributed by atoms with Gasteiger partial charge in [0.25, 0.3) is 5.91 Å². The number of carbonyl (C=O) groups excluding carboxylic acids is 3. The van der Waals surface area contributed by atoms with Gasteiger partial charge in [-0.25, -0.2) is 4.79 Å². The molecular weight excluding hydrogens is 319 g/mol. The van der Waals surface area contributed by atoms with E-state index in [9.17, 15) is 32.7 Å². The number of carbonyl (C=O) groups is 3. The summed E-state index contributed by atoms with van der Waals surface area (Å²) in [5.74, 6) is -1.12. The average Bonchev–Trinajstić information content (AvgIpc) is 2.63. The van der Waals surface area contributed by atoms with Crippen LogP contribution in [0.1, 0.15) is 19.3 Å². The molecule has 2 heterocycles. The van der Waals surface area contributed by atoms with E-state index in [-0.39, 0.29) is 26.1 Å². The van der Waals surface area contributed by atoms with Gasteiger partial charge in [-0.15, -0.1) is 0 Å². The number of urea groups is 1. The molecule has 2 saturated heterocycles. The van der Waals surface area contributed by atoms with E-state index in [1.807, 2.05) is 0 Å². The van der Waals surface area contributed by atoms with E-state index in [1.165, 1.54) is 7.05 Å². The van der Waals surface area contributed by atoms with Crippen molar-refractivity contribution in [3.8, 4) is 0 Å². The highest BCUT2D eigenvalue weighted by atomic mass is 19.4. The van der Waals surface area contributed by atoms with Crippen LogP contribution < -0.4 is 0 Å². The van der Waals surface area contributed by atoms with E-state index in [1.54, 1.807) is 0 Å². The van der Waals surface area contributed by atoms with Crippen molar-refractivity contribution in [2.45, 2.75) is 31.0 Å². The summed E-state index contributed by atoms with van der Waals surface area (Å²) >= 11 is 0. The van der Waals surface area contributed by atoms with Gasteiger partial charge in [-0.1, -0.05) is 0 Å². The molecule has 2 rings (SSSR count). The number of amides is 4. The minimum absolute atomic E-state index is 0.0104. The van der Waals surface area contributed by atoms with Gasteiger partial charge in [-0.05, 0) is 12.8 Å². The first-order valence-electron chi connectivity index (χ1n) is 7.17. The normalized spacial score (nSPS) is 26.7. The number of hydrogen-bond acceptors (Lipinski definition) is 4. The van der Waals surface area contributed by atoms with Crippen LogP contribution in [-0.4, -0.2) is 82.7 Å². The second-order valence-electron chi connectivity index (χ2n) is 5.88. The van der Waals surface area contributed by atoms with Crippen LogP contribution in [0, 0.1) is 0 Å².